The lowest BCUT2D eigenvalue weighted by Gasteiger charge is -2.14. The van der Waals surface area contributed by atoms with Crippen molar-refractivity contribution in [3.05, 3.63) is 42.5 Å². The third-order valence-corrected chi connectivity index (χ3v) is 4.19. The normalized spacial score (nSPS) is 11.2. The van der Waals surface area contributed by atoms with Crippen molar-refractivity contribution in [2.45, 2.75) is 4.90 Å². The van der Waals surface area contributed by atoms with Crippen LogP contribution in [0.1, 0.15) is 0 Å². The van der Waals surface area contributed by atoms with Gasteiger partial charge in [0.25, 0.3) is 9.05 Å². The summed E-state index contributed by atoms with van der Waals surface area (Å²) in [4.78, 5) is -0.0647. The molecule has 0 aliphatic carbocycles. The maximum atomic E-state index is 11.6. The molecule has 0 bridgehead atoms. The molecular weight excluding hydrogens is 300 g/mol. The van der Waals surface area contributed by atoms with Crippen molar-refractivity contribution in [3.63, 3.8) is 0 Å². The van der Waals surface area contributed by atoms with Gasteiger partial charge in [-0.1, -0.05) is 30.3 Å². The summed E-state index contributed by atoms with van der Waals surface area (Å²) in [6.07, 6.45) is 0. The molecule has 0 fully saturated rings. The first kappa shape index (κ1) is 14.7. The first-order valence-electron chi connectivity index (χ1n) is 5.74. The van der Waals surface area contributed by atoms with Gasteiger partial charge in [-0.3, -0.25) is 0 Å². The largest absolute Gasteiger partial charge is 0.496 e. The van der Waals surface area contributed by atoms with Crippen LogP contribution in [0, 0.1) is 0 Å². The Morgan fingerprint density at radius 2 is 1.55 bits per heavy atom. The molecule has 0 radical (unpaired) electrons. The summed E-state index contributed by atoms with van der Waals surface area (Å²) in [5.41, 5.74) is 1.33. The van der Waals surface area contributed by atoms with Crippen molar-refractivity contribution in [1.82, 2.24) is 0 Å². The minimum Gasteiger partial charge on any atom is -0.496 e. The molecule has 0 unspecified atom stereocenters. The van der Waals surface area contributed by atoms with E-state index < -0.39 is 9.05 Å². The van der Waals surface area contributed by atoms with Crippen molar-refractivity contribution in [1.29, 1.82) is 0 Å². The molecule has 0 aliphatic rings. The van der Waals surface area contributed by atoms with Crippen molar-refractivity contribution >= 4 is 19.7 Å². The van der Waals surface area contributed by atoms with Gasteiger partial charge in [-0.15, -0.1) is 0 Å². The van der Waals surface area contributed by atoms with E-state index in [2.05, 4.69) is 0 Å². The molecule has 0 saturated heterocycles. The van der Waals surface area contributed by atoms with Gasteiger partial charge in [-0.25, -0.2) is 8.42 Å². The fraction of sp³-hybridized carbons (Fsp3) is 0.143. The molecule has 0 aliphatic heterocycles. The Balaban J connectivity index is 2.76. The molecule has 0 spiro atoms. The topological polar surface area (TPSA) is 52.6 Å². The molecule has 2 rings (SSSR count). The smallest absolute Gasteiger partial charge is 0.265 e. The van der Waals surface area contributed by atoms with E-state index in [-0.39, 0.29) is 10.6 Å². The first-order chi connectivity index (χ1) is 9.49. The first-order valence-corrected chi connectivity index (χ1v) is 8.05. The molecule has 0 heterocycles. The van der Waals surface area contributed by atoms with Crippen LogP contribution in [-0.4, -0.2) is 22.6 Å². The van der Waals surface area contributed by atoms with Crippen LogP contribution in [0.25, 0.3) is 11.1 Å². The van der Waals surface area contributed by atoms with Gasteiger partial charge in [0.15, 0.2) is 0 Å². The quantitative estimate of drug-likeness (QED) is 0.813. The minimum absolute atomic E-state index is 0.0647. The van der Waals surface area contributed by atoms with Crippen LogP contribution in [-0.2, 0) is 9.05 Å². The van der Waals surface area contributed by atoms with Crippen molar-refractivity contribution in [2.75, 3.05) is 14.2 Å². The third-order valence-electron chi connectivity index (χ3n) is 2.84. The highest BCUT2D eigenvalue weighted by Gasteiger charge is 2.21. The second-order valence-corrected chi connectivity index (χ2v) is 6.51. The van der Waals surface area contributed by atoms with Crippen LogP contribution in [0.2, 0.25) is 0 Å². The standard InChI is InChI=1S/C14H13ClO4S/c1-18-12-8-4-3-6-10(12)11-7-5-9-13(14(11)19-2)20(15,16)17/h3-9H,1-2H3. The fourth-order valence-electron chi connectivity index (χ4n) is 2.00. The molecule has 0 N–H and O–H groups in total. The molecule has 0 atom stereocenters. The Labute approximate surface area is 122 Å². The molecule has 2 aromatic carbocycles. The predicted octanol–water partition coefficient (Wildman–Crippen LogP) is 3.30. The van der Waals surface area contributed by atoms with Crippen molar-refractivity contribution in [3.8, 4) is 22.6 Å². The van der Waals surface area contributed by atoms with E-state index in [0.717, 1.165) is 5.56 Å². The number of methoxy groups -OCH3 is 2. The molecular formula is C14H13ClO4S. The van der Waals surface area contributed by atoms with Gasteiger partial charge in [0.05, 0.1) is 14.2 Å². The van der Waals surface area contributed by atoms with E-state index in [9.17, 15) is 8.42 Å². The van der Waals surface area contributed by atoms with Crippen molar-refractivity contribution in [2.24, 2.45) is 0 Å². The number of hydrogen-bond acceptors (Lipinski definition) is 4. The van der Waals surface area contributed by atoms with Crippen LogP contribution in [0.4, 0.5) is 0 Å². The Morgan fingerprint density at radius 3 is 2.15 bits per heavy atom. The summed E-state index contributed by atoms with van der Waals surface area (Å²) in [7, 11) is 4.50. The molecule has 4 nitrogen and oxygen atoms in total. The average Bonchev–Trinajstić information content (AvgIpc) is 2.45. The highest BCUT2D eigenvalue weighted by molar-refractivity contribution is 8.13. The van der Waals surface area contributed by atoms with E-state index >= 15 is 0 Å². The van der Waals surface area contributed by atoms with Crippen LogP contribution >= 0.6 is 10.7 Å². The lowest BCUT2D eigenvalue weighted by molar-refractivity contribution is 0.402. The van der Waals surface area contributed by atoms with Crippen LogP contribution in [0.3, 0.4) is 0 Å². The molecule has 2 aromatic rings. The number of hydrogen-bond donors (Lipinski definition) is 0. The highest BCUT2D eigenvalue weighted by atomic mass is 35.7. The molecule has 0 amide bonds. The molecule has 106 valence electrons. The number of halogens is 1. The molecule has 0 aromatic heterocycles. The monoisotopic (exact) mass is 312 g/mol. The lowest BCUT2D eigenvalue weighted by atomic mass is 10.0. The zero-order valence-corrected chi connectivity index (χ0v) is 12.5. The maximum absolute atomic E-state index is 11.6. The van der Waals surface area contributed by atoms with Gasteiger partial charge in [0.1, 0.15) is 16.4 Å². The summed E-state index contributed by atoms with van der Waals surface area (Å²) >= 11 is 0. The van der Waals surface area contributed by atoms with Gasteiger partial charge < -0.3 is 9.47 Å². The zero-order valence-electron chi connectivity index (χ0n) is 11.0. The lowest BCUT2D eigenvalue weighted by Crippen LogP contribution is -1.99. The second kappa shape index (κ2) is 5.73. The van der Waals surface area contributed by atoms with Gasteiger partial charge in [0, 0.05) is 21.8 Å². The van der Waals surface area contributed by atoms with Gasteiger partial charge in [-0.2, -0.15) is 0 Å². The molecule has 6 heteroatoms. The van der Waals surface area contributed by atoms with E-state index in [1.54, 1.807) is 25.3 Å². The number of ether oxygens (including phenoxy) is 2. The van der Waals surface area contributed by atoms with Gasteiger partial charge in [0.2, 0.25) is 0 Å². The summed E-state index contributed by atoms with van der Waals surface area (Å²) in [5.74, 6) is 0.821. The zero-order chi connectivity index (χ0) is 14.8. The highest BCUT2D eigenvalue weighted by Crippen LogP contribution is 2.40. The predicted molar refractivity (Wildman–Crippen MR) is 78.0 cm³/mol. The van der Waals surface area contributed by atoms with Crippen molar-refractivity contribution < 1.29 is 17.9 Å². The number of rotatable bonds is 4. The Hall–Kier alpha value is -1.72. The van der Waals surface area contributed by atoms with Crippen LogP contribution < -0.4 is 9.47 Å². The van der Waals surface area contributed by atoms with E-state index in [1.807, 2.05) is 18.2 Å². The average molecular weight is 313 g/mol. The van der Waals surface area contributed by atoms with Crippen LogP contribution in [0.15, 0.2) is 47.4 Å². The number of benzene rings is 2. The molecule has 0 saturated carbocycles. The van der Waals surface area contributed by atoms with E-state index in [1.165, 1.54) is 13.2 Å². The Kier molecular flexibility index (Phi) is 4.20. The SMILES string of the molecule is COc1ccccc1-c1cccc(S(=O)(=O)Cl)c1OC. The fourth-order valence-corrected chi connectivity index (χ4v) is 3.02. The second-order valence-electron chi connectivity index (χ2n) is 3.98. The summed E-state index contributed by atoms with van der Waals surface area (Å²) < 4.78 is 33.7. The summed E-state index contributed by atoms with van der Waals surface area (Å²) in [5, 5.41) is 0. The third kappa shape index (κ3) is 2.73. The van der Waals surface area contributed by atoms with E-state index in [0.29, 0.717) is 11.3 Å². The Morgan fingerprint density at radius 1 is 0.900 bits per heavy atom. The number of para-hydroxylation sites is 2. The summed E-state index contributed by atoms with van der Waals surface area (Å²) in [6.45, 7) is 0. The van der Waals surface area contributed by atoms with Gasteiger partial charge >= 0.3 is 0 Å². The molecule has 20 heavy (non-hydrogen) atoms. The minimum atomic E-state index is -3.89. The van der Waals surface area contributed by atoms with E-state index in [4.69, 9.17) is 20.2 Å². The summed E-state index contributed by atoms with van der Waals surface area (Å²) in [6, 6.07) is 12.0. The van der Waals surface area contributed by atoms with Crippen LogP contribution in [0.5, 0.6) is 11.5 Å². The Bertz CT molecular complexity index is 726. The maximum Gasteiger partial charge on any atom is 0.265 e. The van der Waals surface area contributed by atoms with Gasteiger partial charge in [-0.05, 0) is 12.1 Å².